The molecule has 2 rings (SSSR count). The van der Waals surface area contributed by atoms with Crippen molar-refractivity contribution in [2.45, 2.75) is 32.2 Å². The average Bonchev–Trinajstić information content (AvgIpc) is 2.48. The molecule has 0 saturated carbocycles. The fourth-order valence-corrected chi connectivity index (χ4v) is 2.58. The van der Waals surface area contributed by atoms with Gasteiger partial charge in [0.1, 0.15) is 0 Å². The Morgan fingerprint density at radius 1 is 1.32 bits per heavy atom. The number of methoxy groups -OCH3 is 1. The number of benzene rings is 1. The molecule has 0 spiro atoms. The minimum atomic E-state index is -0.262. The number of carbonyl (C=O) groups excluding carboxylic acids is 1. The van der Waals surface area contributed by atoms with Crippen LogP contribution in [0.1, 0.15) is 37.8 Å². The molecule has 1 fully saturated rings. The molecule has 102 valence electrons. The van der Waals surface area contributed by atoms with Crippen LogP contribution in [0, 0.1) is 0 Å². The van der Waals surface area contributed by atoms with E-state index in [1.54, 1.807) is 6.08 Å². The van der Waals surface area contributed by atoms with E-state index in [1.807, 2.05) is 6.07 Å². The van der Waals surface area contributed by atoms with Gasteiger partial charge in [-0.15, -0.1) is 0 Å². The number of hydrogen-bond acceptors (Lipinski definition) is 3. The number of likely N-dealkylation sites (tertiary alicyclic amines) is 1. The quantitative estimate of drug-likeness (QED) is 0.616. The SMILES string of the molecule is COC(=O)/C=C1\CCCCN1[C@@H](C)c1ccccc1. The van der Waals surface area contributed by atoms with Crippen molar-refractivity contribution in [3.63, 3.8) is 0 Å². The molecule has 1 aliphatic rings. The van der Waals surface area contributed by atoms with Crippen molar-refractivity contribution in [1.82, 2.24) is 4.90 Å². The van der Waals surface area contributed by atoms with E-state index in [4.69, 9.17) is 4.74 Å². The summed E-state index contributed by atoms with van der Waals surface area (Å²) in [6, 6.07) is 10.7. The topological polar surface area (TPSA) is 29.5 Å². The summed E-state index contributed by atoms with van der Waals surface area (Å²) in [6.07, 6.45) is 4.90. The average molecular weight is 259 g/mol. The maximum absolute atomic E-state index is 11.5. The molecule has 3 nitrogen and oxygen atoms in total. The molecule has 0 radical (unpaired) electrons. The van der Waals surface area contributed by atoms with Crippen LogP contribution in [0.2, 0.25) is 0 Å². The smallest absolute Gasteiger partial charge is 0.332 e. The van der Waals surface area contributed by atoms with Gasteiger partial charge in [-0.3, -0.25) is 0 Å². The van der Waals surface area contributed by atoms with Crippen LogP contribution in [0.25, 0.3) is 0 Å². The summed E-state index contributed by atoms with van der Waals surface area (Å²) in [5.41, 5.74) is 2.37. The summed E-state index contributed by atoms with van der Waals surface area (Å²) in [4.78, 5) is 13.8. The summed E-state index contributed by atoms with van der Waals surface area (Å²) >= 11 is 0. The van der Waals surface area contributed by atoms with Crippen LogP contribution in [-0.4, -0.2) is 24.5 Å². The minimum absolute atomic E-state index is 0.262. The first kappa shape index (κ1) is 13.7. The van der Waals surface area contributed by atoms with E-state index in [2.05, 4.69) is 36.1 Å². The van der Waals surface area contributed by atoms with Crippen molar-refractivity contribution < 1.29 is 9.53 Å². The molecular formula is C16H21NO2. The molecule has 0 N–H and O–H groups in total. The van der Waals surface area contributed by atoms with Gasteiger partial charge >= 0.3 is 5.97 Å². The first-order chi connectivity index (χ1) is 9.22. The Labute approximate surface area is 114 Å². The predicted octanol–water partition coefficient (Wildman–Crippen LogP) is 3.29. The number of nitrogens with zero attached hydrogens (tertiary/aromatic N) is 1. The number of piperidine rings is 1. The molecule has 1 saturated heterocycles. The van der Waals surface area contributed by atoms with E-state index in [0.29, 0.717) is 0 Å². The Balaban J connectivity index is 2.20. The molecule has 0 bridgehead atoms. The Bertz CT molecular complexity index is 453. The van der Waals surface area contributed by atoms with Crippen LogP contribution < -0.4 is 0 Å². The number of carbonyl (C=O) groups is 1. The number of rotatable bonds is 3. The maximum Gasteiger partial charge on any atom is 0.332 e. The lowest BCUT2D eigenvalue weighted by molar-refractivity contribution is -0.135. The molecule has 1 aliphatic heterocycles. The standard InChI is InChI=1S/C16H21NO2/c1-13(14-8-4-3-5-9-14)17-11-7-6-10-15(17)12-16(18)19-2/h3-5,8-9,12-13H,6-7,10-11H2,1-2H3/b15-12+/t13-/m0/s1. The van der Waals surface area contributed by atoms with Gasteiger partial charge in [-0.2, -0.15) is 0 Å². The molecule has 1 aromatic carbocycles. The Morgan fingerprint density at radius 3 is 2.74 bits per heavy atom. The third-order valence-electron chi connectivity index (χ3n) is 3.69. The zero-order valence-corrected chi connectivity index (χ0v) is 11.6. The zero-order valence-electron chi connectivity index (χ0n) is 11.6. The van der Waals surface area contributed by atoms with E-state index in [0.717, 1.165) is 25.1 Å². The van der Waals surface area contributed by atoms with Gasteiger partial charge in [-0.25, -0.2) is 4.79 Å². The van der Waals surface area contributed by atoms with Gasteiger partial charge in [0, 0.05) is 18.3 Å². The summed E-state index contributed by atoms with van der Waals surface area (Å²) < 4.78 is 4.74. The number of ether oxygens (including phenoxy) is 1. The van der Waals surface area contributed by atoms with Gasteiger partial charge in [0.25, 0.3) is 0 Å². The molecule has 0 aromatic heterocycles. The lowest BCUT2D eigenvalue weighted by Gasteiger charge is -2.37. The minimum Gasteiger partial charge on any atom is -0.466 e. The van der Waals surface area contributed by atoms with E-state index >= 15 is 0 Å². The van der Waals surface area contributed by atoms with E-state index in [9.17, 15) is 4.79 Å². The highest BCUT2D eigenvalue weighted by Crippen LogP contribution is 2.30. The van der Waals surface area contributed by atoms with Crippen molar-refractivity contribution in [3.05, 3.63) is 47.7 Å². The summed E-state index contributed by atoms with van der Waals surface area (Å²) in [6.45, 7) is 3.19. The van der Waals surface area contributed by atoms with Crippen LogP contribution in [-0.2, 0) is 9.53 Å². The van der Waals surface area contributed by atoms with Gasteiger partial charge < -0.3 is 9.64 Å². The highest BCUT2D eigenvalue weighted by Gasteiger charge is 2.22. The van der Waals surface area contributed by atoms with Gasteiger partial charge in [0.05, 0.1) is 13.2 Å². The van der Waals surface area contributed by atoms with Gasteiger partial charge in [-0.05, 0) is 31.7 Å². The Morgan fingerprint density at radius 2 is 2.05 bits per heavy atom. The molecule has 0 aliphatic carbocycles. The molecule has 1 heterocycles. The van der Waals surface area contributed by atoms with Crippen LogP contribution in [0.15, 0.2) is 42.1 Å². The fraction of sp³-hybridized carbons (Fsp3) is 0.438. The summed E-state index contributed by atoms with van der Waals surface area (Å²) in [5.74, 6) is -0.262. The van der Waals surface area contributed by atoms with E-state index < -0.39 is 0 Å². The first-order valence-electron chi connectivity index (χ1n) is 6.82. The van der Waals surface area contributed by atoms with Crippen LogP contribution in [0.5, 0.6) is 0 Å². The molecule has 1 atom stereocenters. The molecule has 0 unspecified atom stereocenters. The van der Waals surface area contributed by atoms with E-state index in [-0.39, 0.29) is 12.0 Å². The molecule has 0 amide bonds. The second-order valence-corrected chi connectivity index (χ2v) is 4.90. The third kappa shape index (κ3) is 3.37. The van der Waals surface area contributed by atoms with Gasteiger partial charge in [-0.1, -0.05) is 30.3 Å². The molecule has 19 heavy (non-hydrogen) atoms. The summed E-state index contributed by atoms with van der Waals surface area (Å²) in [7, 11) is 1.42. The normalized spacial score (nSPS) is 19.3. The van der Waals surface area contributed by atoms with Gasteiger partial charge in [0.15, 0.2) is 0 Å². The lowest BCUT2D eigenvalue weighted by Crippen LogP contribution is -2.31. The Kier molecular flexibility index (Phi) is 4.61. The van der Waals surface area contributed by atoms with Crippen LogP contribution in [0.4, 0.5) is 0 Å². The van der Waals surface area contributed by atoms with Crippen LogP contribution in [0.3, 0.4) is 0 Å². The fourth-order valence-electron chi connectivity index (χ4n) is 2.58. The summed E-state index contributed by atoms with van der Waals surface area (Å²) in [5, 5.41) is 0. The second-order valence-electron chi connectivity index (χ2n) is 4.90. The van der Waals surface area contributed by atoms with Crippen molar-refractivity contribution in [2.75, 3.05) is 13.7 Å². The molecule has 1 aromatic rings. The lowest BCUT2D eigenvalue weighted by atomic mass is 10.0. The second kappa shape index (κ2) is 6.41. The first-order valence-corrected chi connectivity index (χ1v) is 6.82. The number of hydrogen-bond donors (Lipinski definition) is 0. The number of allylic oxidation sites excluding steroid dienone is 1. The van der Waals surface area contributed by atoms with Crippen molar-refractivity contribution in [2.24, 2.45) is 0 Å². The molecule has 3 heteroatoms. The largest absolute Gasteiger partial charge is 0.466 e. The van der Waals surface area contributed by atoms with Crippen molar-refractivity contribution >= 4 is 5.97 Å². The Hall–Kier alpha value is -1.77. The highest BCUT2D eigenvalue weighted by atomic mass is 16.5. The van der Waals surface area contributed by atoms with Gasteiger partial charge in [0.2, 0.25) is 0 Å². The zero-order chi connectivity index (χ0) is 13.7. The monoisotopic (exact) mass is 259 g/mol. The van der Waals surface area contributed by atoms with Crippen LogP contribution >= 0.6 is 0 Å². The molecular weight excluding hydrogens is 238 g/mol. The number of esters is 1. The maximum atomic E-state index is 11.5. The van der Waals surface area contributed by atoms with E-state index in [1.165, 1.54) is 19.1 Å². The highest BCUT2D eigenvalue weighted by molar-refractivity contribution is 5.82. The van der Waals surface area contributed by atoms with Crippen molar-refractivity contribution in [3.8, 4) is 0 Å². The predicted molar refractivity (Wildman–Crippen MR) is 75.5 cm³/mol. The third-order valence-corrected chi connectivity index (χ3v) is 3.69. The van der Waals surface area contributed by atoms with Crippen molar-refractivity contribution in [1.29, 1.82) is 0 Å².